The minimum Gasteiger partial charge on any atom is -0.348 e. The molecule has 0 aliphatic carbocycles. The number of aromatic amines is 1. The lowest BCUT2D eigenvalue weighted by atomic mass is 9.94. The summed E-state index contributed by atoms with van der Waals surface area (Å²) in [6.45, 7) is 3.12. The maximum Gasteiger partial charge on any atom is 0.0926 e. The Bertz CT molecular complexity index is 757. The highest BCUT2D eigenvalue weighted by Gasteiger charge is 2.24. The van der Waals surface area contributed by atoms with Gasteiger partial charge in [0.25, 0.3) is 0 Å². The van der Waals surface area contributed by atoms with Crippen molar-refractivity contribution >= 4 is 0 Å². The van der Waals surface area contributed by atoms with Crippen molar-refractivity contribution in [3.05, 3.63) is 65.5 Å². The molecule has 0 fully saturated rings. The molecule has 2 aromatic heterocycles. The average Bonchev–Trinajstić information content (AvgIpc) is 3.18. The minimum absolute atomic E-state index is 0.173. The Labute approximate surface area is 123 Å². The molecule has 0 bridgehead atoms. The highest BCUT2D eigenvalue weighted by atomic mass is 15.3. The highest BCUT2D eigenvalue weighted by molar-refractivity contribution is 5.44. The molecule has 0 spiro atoms. The van der Waals surface area contributed by atoms with Gasteiger partial charge < -0.3 is 10.3 Å². The van der Waals surface area contributed by atoms with Gasteiger partial charge in [-0.2, -0.15) is 5.10 Å². The van der Waals surface area contributed by atoms with Gasteiger partial charge in [0.05, 0.1) is 23.8 Å². The fourth-order valence-electron chi connectivity index (χ4n) is 3.02. The van der Waals surface area contributed by atoms with E-state index in [0.717, 1.165) is 24.3 Å². The van der Waals surface area contributed by atoms with Crippen LogP contribution in [0.25, 0.3) is 5.69 Å². The van der Waals surface area contributed by atoms with E-state index in [1.54, 1.807) is 12.5 Å². The van der Waals surface area contributed by atoms with Gasteiger partial charge in [-0.25, -0.2) is 9.67 Å². The van der Waals surface area contributed by atoms with Crippen LogP contribution in [0, 0.1) is 6.92 Å². The van der Waals surface area contributed by atoms with Crippen LogP contribution in [-0.4, -0.2) is 26.3 Å². The molecule has 3 aromatic rings. The summed E-state index contributed by atoms with van der Waals surface area (Å²) in [6, 6.07) is 8.56. The second kappa shape index (κ2) is 4.86. The number of nitrogens with one attached hydrogen (secondary N) is 2. The molecule has 21 heavy (non-hydrogen) atoms. The highest BCUT2D eigenvalue weighted by Crippen LogP contribution is 2.29. The second-order valence-corrected chi connectivity index (χ2v) is 5.39. The van der Waals surface area contributed by atoms with Crippen molar-refractivity contribution in [2.24, 2.45) is 0 Å². The maximum absolute atomic E-state index is 4.49. The molecule has 5 nitrogen and oxygen atoms in total. The van der Waals surface area contributed by atoms with E-state index in [0.29, 0.717) is 0 Å². The Kier molecular flexibility index (Phi) is 2.86. The Morgan fingerprint density at radius 2 is 2.29 bits per heavy atom. The lowest BCUT2D eigenvalue weighted by Gasteiger charge is -2.25. The van der Waals surface area contributed by atoms with Gasteiger partial charge in [-0.1, -0.05) is 6.07 Å². The SMILES string of the molecule is Cc1cc(-n2cccn2)ccc1C1NCCc2[nH]cnc21. The fourth-order valence-corrected chi connectivity index (χ4v) is 3.02. The van der Waals surface area contributed by atoms with Crippen molar-refractivity contribution in [1.29, 1.82) is 0 Å². The molecule has 106 valence electrons. The van der Waals surface area contributed by atoms with Gasteiger partial charge in [-0.3, -0.25) is 0 Å². The van der Waals surface area contributed by atoms with E-state index < -0.39 is 0 Å². The number of aryl methyl sites for hydroxylation is 1. The molecule has 1 aliphatic heterocycles. The first kappa shape index (κ1) is 12.3. The van der Waals surface area contributed by atoms with Gasteiger partial charge in [0.2, 0.25) is 0 Å². The lowest BCUT2D eigenvalue weighted by Crippen LogP contribution is -2.31. The Morgan fingerprint density at radius 1 is 1.33 bits per heavy atom. The van der Waals surface area contributed by atoms with Crippen LogP contribution in [0.2, 0.25) is 0 Å². The quantitative estimate of drug-likeness (QED) is 0.755. The molecule has 1 atom stereocenters. The van der Waals surface area contributed by atoms with Crippen molar-refractivity contribution in [3.8, 4) is 5.69 Å². The predicted octanol–water partition coefficient (Wildman–Crippen LogP) is 2.14. The van der Waals surface area contributed by atoms with Crippen LogP contribution in [0.5, 0.6) is 0 Å². The van der Waals surface area contributed by atoms with Crippen molar-refractivity contribution in [2.75, 3.05) is 6.54 Å². The molecule has 0 saturated carbocycles. The number of aromatic nitrogens is 4. The van der Waals surface area contributed by atoms with Crippen molar-refractivity contribution in [1.82, 2.24) is 25.1 Å². The summed E-state index contributed by atoms with van der Waals surface area (Å²) in [5.41, 5.74) is 5.97. The van der Waals surface area contributed by atoms with E-state index in [-0.39, 0.29) is 6.04 Å². The van der Waals surface area contributed by atoms with Crippen LogP contribution in [0.4, 0.5) is 0 Å². The monoisotopic (exact) mass is 279 g/mol. The number of hydrogen-bond donors (Lipinski definition) is 2. The third-order valence-electron chi connectivity index (χ3n) is 4.08. The number of H-pyrrole nitrogens is 1. The first-order valence-electron chi connectivity index (χ1n) is 7.19. The Balaban J connectivity index is 1.74. The van der Waals surface area contributed by atoms with Crippen LogP contribution in [0.15, 0.2) is 43.0 Å². The summed E-state index contributed by atoms with van der Waals surface area (Å²) in [4.78, 5) is 7.74. The smallest absolute Gasteiger partial charge is 0.0926 e. The molecule has 1 aromatic carbocycles. The molecule has 4 rings (SSSR count). The van der Waals surface area contributed by atoms with Gasteiger partial charge in [0.1, 0.15) is 0 Å². The van der Waals surface area contributed by atoms with Gasteiger partial charge in [-0.05, 0) is 36.2 Å². The summed E-state index contributed by atoms with van der Waals surface area (Å²) in [7, 11) is 0. The Morgan fingerprint density at radius 3 is 3.10 bits per heavy atom. The number of nitrogens with zero attached hydrogens (tertiary/aromatic N) is 3. The van der Waals surface area contributed by atoms with Crippen LogP contribution < -0.4 is 5.32 Å². The molecule has 0 saturated heterocycles. The number of fused-ring (bicyclic) bond motifs is 1. The predicted molar refractivity (Wildman–Crippen MR) is 80.4 cm³/mol. The van der Waals surface area contributed by atoms with E-state index in [1.807, 2.05) is 16.9 Å². The molecular formula is C16H17N5. The van der Waals surface area contributed by atoms with Crippen molar-refractivity contribution < 1.29 is 0 Å². The Hall–Kier alpha value is -2.40. The standard InChI is InChI=1S/C16H17N5/c1-11-9-12(21-8-2-6-20-21)3-4-13(11)15-16-14(5-7-17-15)18-10-19-16/h2-4,6,8-10,15,17H,5,7H2,1H3,(H,18,19). The third-order valence-corrected chi connectivity index (χ3v) is 4.08. The summed E-state index contributed by atoms with van der Waals surface area (Å²) >= 11 is 0. The van der Waals surface area contributed by atoms with Crippen LogP contribution in [0.1, 0.15) is 28.6 Å². The maximum atomic E-state index is 4.49. The van der Waals surface area contributed by atoms with Gasteiger partial charge in [-0.15, -0.1) is 0 Å². The largest absolute Gasteiger partial charge is 0.348 e. The van der Waals surface area contributed by atoms with E-state index in [4.69, 9.17) is 0 Å². The minimum atomic E-state index is 0.173. The molecule has 2 N–H and O–H groups in total. The number of benzene rings is 1. The van der Waals surface area contributed by atoms with Gasteiger partial charge in [0, 0.05) is 31.1 Å². The molecule has 1 aliphatic rings. The zero-order chi connectivity index (χ0) is 14.2. The topological polar surface area (TPSA) is 58.5 Å². The number of imidazole rings is 1. The van der Waals surface area contributed by atoms with Crippen LogP contribution >= 0.6 is 0 Å². The zero-order valence-corrected chi connectivity index (χ0v) is 11.9. The van der Waals surface area contributed by atoms with Gasteiger partial charge in [0.15, 0.2) is 0 Å². The summed E-state index contributed by atoms with van der Waals surface area (Å²) < 4.78 is 1.88. The van der Waals surface area contributed by atoms with Crippen molar-refractivity contribution in [3.63, 3.8) is 0 Å². The molecule has 5 heteroatoms. The second-order valence-electron chi connectivity index (χ2n) is 5.39. The lowest BCUT2D eigenvalue weighted by molar-refractivity contribution is 0.551. The zero-order valence-electron chi connectivity index (χ0n) is 11.9. The fraction of sp³-hybridized carbons (Fsp3) is 0.250. The van der Waals surface area contributed by atoms with E-state index in [2.05, 4.69) is 45.5 Å². The number of rotatable bonds is 2. The van der Waals surface area contributed by atoms with E-state index in [9.17, 15) is 0 Å². The normalized spacial score (nSPS) is 17.7. The van der Waals surface area contributed by atoms with E-state index >= 15 is 0 Å². The molecule has 1 unspecified atom stereocenters. The number of hydrogen-bond acceptors (Lipinski definition) is 3. The molecule has 0 radical (unpaired) electrons. The average molecular weight is 279 g/mol. The molecule has 3 heterocycles. The molecular weight excluding hydrogens is 262 g/mol. The first-order chi connectivity index (χ1) is 10.3. The third kappa shape index (κ3) is 2.06. The van der Waals surface area contributed by atoms with Crippen molar-refractivity contribution in [2.45, 2.75) is 19.4 Å². The van der Waals surface area contributed by atoms with E-state index in [1.165, 1.54) is 16.8 Å². The van der Waals surface area contributed by atoms with Crippen LogP contribution in [0.3, 0.4) is 0 Å². The molecule has 0 amide bonds. The summed E-state index contributed by atoms with van der Waals surface area (Å²) in [6.07, 6.45) is 6.55. The first-order valence-corrected chi connectivity index (χ1v) is 7.19. The summed E-state index contributed by atoms with van der Waals surface area (Å²) in [5.74, 6) is 0. The summed E-state index contributed by atoms with van der Waals surface area (Å²) in [5, 5.41) is 7.85. The van der Waals surface area contributed by atoms with Crippen LogP contribution in [-0.2, 0) is 6.42 Å². The van der Waals surface area contributed by atoms with Gasteiger partial charge >= 0.3 is 0 Å².